The Labute approximate surface area is 408 Å². The maximum Gasteiger partial charge on any atom is 0.408 e. The van der Waals surface area contributed by atoms with Crippen LogP contribution in [0, 0.1) is 19.0 Å². The number of primary amides is 1. The normalized spacial score (nSPS) is 17.3. The van der Waals surface area contributed by atoms with E-state index in [4.69, 9.17) is 15.2 Å². The number of phenols is 1. The molecular formula is C45H65I2N7O11. The van der Waals surface area contributed by atoms with E-state index in [-0.39, 0.29) is 37.0 Å². The molecule has 1 fully saturated rings. The van der Waals surface area contributed by atoms with E-state index in [2.05, 4.69) is 26.6 Å². The van der Waals surface area contributed by atoms with Crippen molar-refractivity contribution in [2.24, 2.45) is 17.6 Å². The molecule has 360 valence electrons. The molecule has 1 heterocycles. The number of esters is 1. The van der Waals surface area contributed by atoms with Gasteiger partial charge in [-0.3, -0.25) is 28.9 Å². The third kappa shape index (κ3) is 17.5. The average Bonchev–Trinajstić information content (AvgIpc) is 3.69. The molecule has 9 N–H and O–H groups in total. The number of rotatable bonds is 22. The lowest BCUT2D eigenvalue weighted by atomic mass is 9.96. The standard InChI is InChI=1S/C45H65I2N7O11/c1-9-25(4)37(42(61)52-36(24(2)3)43(62)64-8)53-41(60)33-16-13-17-54(33)23-34(55)30(20-26-14-11-10-12-15-26)49-40(59)32(22-35(48)56)50-39(58)31(51-44(63)65-45(5,6)7)21-27-18-28(46)38(57)29(47)19-27/h10-12,14-15,18-19,24-25,30-34,36-37,55,57H,9,13,16-17,20-23H2,1-8H3,(H2,48,56)(H,49,59)(H,50,58)(H,51,63)(H,52,61)(H,53,60)/t25?,30-,31?,32?,33?,34?,36?,37?/m0/s1. The lowest BCUT2D eigenvalue weighted by molar-refractivity contribution is -0.147. The topological polar surface area (TPSA) is 268 Å². The van der Waals surface area contributed by atoms with E-state index in [1.807, 2.05) is 77.2 Å². The van der Waals surface area contributed by atoms with Gasteiger partial charge in [-0.25, -0.2) is 9.59 Å². The Morgan fingerprint density at radius 2 is 1.46 bits per heavy atom. The zero-order chi connectivity index (χ0) is 48.8. The molecule has 20 heteroatoms. The Morgan fingerprint density at radius 3 is 2.02 bits per heavy atom. The summed E-state index contributed by atoms with van der Waals surface area (Å²) < 4.78 is 11.3. The second kappa shape index (κ2) is 25.6. The van der Waals surface area contributed by atoms with Crippen molar-refractivity contribution in [3.63, 3.8) is 0 Å². The molecule has 0 radical (unpaired) electrons. The Bertz CT molecular complexity index is 1960. The highest BCUT2D eigenvalue weighted by Gasteiger charge is 2.39. The third-order valence-corrected chi connectivity index (χ3v) is 12.6. The SMILES string of the molecule is CCC(C)C(NC(=O)C1CCCN1CC(O)[C@H](Cc1ccccc1)NC(=O)C(CC(N)=O)NC(=O)C(Cc1cc(I)c(O)c(I)c1)NC(=O)OC(C)(C)C)C(=O)NC(C(=O)OC)C(C)C. The fraction of sp³-hybridized carbons (Fsp3) is 0.578. The molecule has 1 aliphatic heterocycles. The van der Waals surface area contributed by atoms with E-state index < -0.39 is 96.0 Å². The number of benzene rings is 2. The van der Waals surface area contributed by atoms with Crippen LogP contribution in [-0.2, 0) is 51.1 Å². The molecular weight excluding hydrogens is 1070 g/mol. The minimum Gasteiger partial charge on any atom is -0.506 e. The van der Waals surface area contributed by atoms with Crippen LogP contribution in [-0.4, -0.2) is 125 Å². The van der Waals surface area contributed by atoms with Crippen molar-refractivity contribution < 1.29 is 53.2 Å². The third-order valence-electron chi connectivity index (χ3n) is 11.0. The summed E-state index contributed by atoms with van der Waals surface area (Å²) in [6.45, 7) is 12.6. The van der Waals surface area contributed by atoms with Crippen molar-refractivity contribution in [3.8, 4) is 5.75 Å². The molecule has 8 atom stereocenters. The molecule has 0 aliphatic carbocycles. The van der Waals surface area contributed by atoms with Crippen molar-refractivity contribution in [3.05, 3.63) is 60.7 Å². The van der Waals surface area contributed by atoms with Gasteiger partial charge in [0.1, 0.15) is 35.5 Å². The summed E-state index contributed by atoms with van der Waals surface area (Å²) in [4.78, 5) is 95.3. The molecule has 2 aromatic carbocycles. The fourth-order valence-electron chi connectivity index (χ4n) is 7.28. The van der Waals surface area contributed by atoms with Gasteiger partial charge in [-0.05, 0) is 127 Å². The van der Waals surface area contributed by atoms with E-state index in [9.17, 15) is 43.8 Å². The molecule has 3 rings (SSSR count). The molecule has 18 nitrogen and oxygen atoms in total. The molecule has 0 saturated carbocycles. The summed E-state index contributed by atoms with van der Waals surface area (Å²) in [7, 11) is 1.24. The smallest absolute Gasteiger partial charge is 0.408 e. The van der Waals surface area contributed by atoms with Gasteiger partial charge in [0.25, 0.3) is 0 Å². The van der Waals surface area contributed by atoms with Crippen LogP contribution in [0.2, 0.25) is 0 Å². The first-order valence-corrected chi connectivity index (χ1v) is 23.8. The van der Waals surface area contributed by atoms with Crippen molar-refractivity contribution in [2.45, 2.75) is 135 Å². The van der Waals surface area contributed by atoms with E-state index in [1.54, 1.807) is 63.8 Å². The van der Waals surface area contributed by atoms with Crippen molar-refractivity contribution >= 4 is 86.8 Å². The van der Waals surface area contributed by atoms with Gasteiger partial charge >= 0.3 is 12.1 Å². The number of phenolic OH excluding ortho intramolecular Hbond substituents is 1. The lowest BCUT2D eigenvalue weighted by Crippen LogP contribution is -2.59. The number of hydrogen-bond acceptors (Lipinski definition) is 12. The highest BCUT2D eigenvalue weighted by molar-refractivity contribution is 14.1. The van der Waals surface area contributed by atoms with Crippen LogP contribution < -0.4 is 32.3 Å². The number of aliphatic hydroxyl groups excluding tert-OH is 1. The quantitative estimate of drug-likeness (QED) is 0.0625. The Kier molecular flexibility index (Phi) is 21.7. The summed E-state index contributed by atoms with van der Waals surface area (Å²) in [5, 5.41) is 35.8. The van der Waals surface area contributed by atoms with Crippen LogP contribution >= 0.6 is 45.2 Å². The van der Waals surface area contributed by atoms with Gasteiger partial charge < -0.3 is 52.0 Å². The predicted octanol–water partition coefficient (Wildman–Crippen LogP) is 2.79. The Morgan fingerprint density at radius 1 is 0.846 bits per heavy atom. The lowest BCUT2D eigenvalue weighted by Gasteiger charge is -2.33. The zero-order valence-corrected chi connectivity index (χ0v) is 42.6. The first kappa shape index (κ1) is 55.0. The van der Waals surface area contributed by atoms with Crippen LogP contribution in [0.1, 0.15) is 85.3 Å². The Hall–Kier alpha value is -4.29. The summed E-state index contributed by atoms with van der Waals surface area (Å²) in [6, 6.07) is 5.80. The number of aromatic hydroxyl groups is 1. The second-order valence-electron chi connectivity index (χ2n) is 17.7. The maximum absolute atomic E-state index is 14.2. The molecule has 0 aromatic heterocycles. The second-order valence-corrected chi connectivity index (χ2v) is 20.0. The monoisotopic (exact) mass is 1130 g/mol. The first-order chi connectivity index (χ1) is 30.4. The number of aliphatic hydroxyl groups is 1. The summed E-state index contributed by atoms with van der Waals surface area (Å²) >= 11 is 3.89. The number of amides is 6. The number of hydrogen-bond donors (Lipinski definition) is 8. The number of carbonyl (C=O) groups excluding carboxylic acids is 7. The van der Waals surface area contributed by atoms with Gasteiger partial charge in [-0.1, -0.05) is 64.4 Å². The van der Waals surface area contributed by atoms with Gasteiger partial charge in [-0.2, -0.15) is 0 Å². The molecule has 6 amide bonds. The number of alkyl carbamates (subject to hydrolysis) is 1. The molecule has 0 bridgehead atoms. The van der Waals surface area contributed by atoms with E-state index in [1.165, 1.54) is 7.11 Å². The summed E-state index contributed by atoms with van der Waals surface area (Å²) in [5.41, 5.74) is 5.99. The number of nitrogens with two attached hydrogens (primary N) is 1. The first-order valence-electron chi connectivity index (χ1n) is 21.6. The largest absolute Gasteiger partial charge is 0.506 e. The van der Waals surface area contributed by atoms with Gasteiger partial charge in [0.2, 0.25) is 29.5 Å². The molecule has 0 spiro atoms. The van der Waals surface area contributed by atoms with Gasteiger partial charge in [-0.15, -0.1) is 0 Å². The van der Waals surface area contributed by atoms with Crippen LogP contribution in [0.25, 0.3) is 0 Å². The fourth-order valence-corrected chi connectivity index (χ4v) is 9.17. The van der Waals surface area contributed by atoms with Crippen LogP contribution in [0.4, 0.5) is 4.79 Å². The minimum atomic E-state index is -1.54. The highest BCUT2D eigenvalue weighted by Crippen LogP contribution is 2.28. The molecule has 65 heavy (non-hydrogen) atoms. The molecule has 1 aliphatic rings. The number of likely N-dealkylation sites (tertiary alicyclic amines) is 1. The van der Waals surface area contributed by atoms with Gasteiger partial charge in [0.15, 0.2) is 0 Å². The summed E-state index contributed by atoms with van der Waals surface area (Å²) in [5.74, 6) is -4.68. The molecule has 7 unspecified atom stereocenters. The highest BCUT2D eigenvalue weighted by atomic mass is 127. The zero-order valence-electron chi connectivity index (χ0n) is 38.2. The van der Waals surface area contributed by atoms with Crippen molar-refractivity contribution in [1.82, 2.24) is 31.5 Å². The summed E-state index contributed by atoms with van der Waals surface area (Å²) in [6.07, 6.45) is -1.23. The van der Waals surface area contributed by atoms with Crippen LogP contribution in [0.5, 0.6) is 5.75 Å². The van der Waals surface area contributed by atoms with E-state index in [0.717, 1.165) is 5.56 Å². The van der Waals surface area contributed by atoms with E-state index in [0.29, 0.717) is 38.5 Å². The number of β-amino-alcohol motifs (C(OH)–C–C–N with tert-alkyl or cyclic N) is 1. The molecule has 1 saturated heterocycles. The number of nitrogens with zero attached hydrogens (tertiary/aromatic N) is 1. The number of ether oxygens (including phenoxy) is 2. The number of nitrogens with one attached hydrogen (secondary N) is 5. The number of carbonyl (C=O) groups is 7. The van der Waals surface area contributed by atoms with Crippen LogP contribution in [0.3, 0.4) is 0 Å². The van der Waals surface area contributed by atoms with Gasteiger partial charge in [0, 0.05) is 13.0 Å². The Balaban J connectivity index is 1.88. The number of methoxy groups -OCH3 is 1. The predicted molar refractivity (Wildman–Crippen MR) is 259 cm³/mol. The van der Waals surface area contributed by atoms with Crippen LogP contribution in [0.15, 0.2) is 42.5 Å². The maximum atomic E-state index is 14.2. The molecule has 2 aromatic rings. The van der Waals surface area contributed by atoms with E-state index >= 15 is 0 Å². The van der Waals surface area contributed by atoms with Gasteiger partial charge in [0.05, 0.1) is 38.9 Å². The number of halogens is 2. The average molecular weight is 1130 g/mol. The van der Waals surface area contributed by atoms with Crippen molar-refractivity contribution in [2.75, 3.05) is 20.2 Å². The minimum absolute atomic E-state index is 0.0539. The van der Waals surface area contributed by atoms with Crippen molar-refractivity contribution in [1.29, 1.82) is 0 Å².